The van der Waals surface area contributed by atoms with Crippen molar-refractivity contribution in [2.24, 2.45) is 5.73 Å². The maximum Gasteiger partial charge on any atom is 0.320 e. The van der Waals surface area contributed by atoms with E-state index < -0.39 is 6.55 Å². The lowest BCUT2D eigenvalue weighted by Crippen LogP contribution is -2.17. The molecule has 0 saturated carbocycles. The Balaban J connectivity index is 1.74. The summed E-state index contributed by atoms with van der Waals surface area (Å²) in [4.78, 5) is 3.89. The van der Waals surface area contributed by atoms with E-state index in [9.17, 15) is 8.78 Å². The highest BCUT2D eigenvalue weighted by Gasteiger charge is 2.17. The van der Waals surface area contributed by atoms with Crippen LogP contribution in [0.25, 0.3) is 0 Å². The van der Waals surface area contributed by atoms with E-state index in [2.05, 4.69) is 4.98 Å². The van der Waals surface area contributed by atoms with Crippen LogP contribution < -0.4 is 10.5 Å². The van der Waals surface area contributed by atoms with E-state index in [4.69, 9.17) is 10.5 Å². The van der Waals surface area contributed by atoms with Gasteiger partial charge in [0.05, 0.1) is 0 Å². The van der Waals surface area contributed by atoms with Crippen LogP contribution in [0.5, 0.6) is 5.75 Å². The molecule has 1 atom stereocenters. The van der Waals surface area contributed by atoms with Gasteiger partial charge < -0.3 is 10.5 Å². The van der Waals surface area contributed by atoms with Gasteiger partial charge in [0.1, 0.15) is 12.4 Å². The zero-order chi connectivity index (χ0) is 14.8. The van der Waals surface area contributed by atoms with Gasteiger partial charge in [-0.3, -0.25) is 4.57 Å². The van der Waals surface area contributed by atoms with Crippen molar-refractivity contribution in [3.8, 4) is 5.75 Å². The summed E-state index contributed by atoms with van der Waals surface area (Å²) >= 11 is 0. The molecule has 1 aromatic heterocycles. The van der Waals surface area contributed by atoms with Crippen molar-refractivity contribution in [2.75, 3.05) is 0 Å². The quantitative estimate of drug-likeness (QED) is 0.942. The molecule has 1 aromatic carbocycles. The predicted octanol–water partition coefficient (Wildman–Crippen LogP) is 3.19. The van der Waals surface area contributed by atoms with E-state index >= 15 is 0 Å². The van der Waals surface area contributed by atoms with Crippen LogP contribution in [-0.4, -0.2) is 9.55 Å². The Morgan fingerprint density at radius 3 is 3.10 bits per heavy atom. The van der Waals surface area contributed by atoms with Crippen LogP contribution in [0.4, 0.5) is 8.78 Å². The molecule has 6 heteroatoms. The molecule has 0 radical (unpaired) electrons. The van der Waals surface area contributed by atoms with Gasteiger partial charge in [0, 0.05) is 18.4 Å². The molecule has 1 heterocycles. The molecule has 21 heavy (non-hydrogen) atoms. The Bertz CT molecular complexity index is 627. The lowest BCUT2D eigenvalue weighted by atomic mass is 9.88. The fourth-order valence-electron chi connectivity index (χ4n) is 2.68. The fraction of sp³-hybridized carbons (Fsp3) is 0.400. The number of aromatic nitrogens is 2. The summed E-state index contributed by atoms with van der Waals surface area (Å²) < 4.78 is 31.8. The first-order valence-corrected chi connectivity index (χ1v) is 6.96. The molecule has 0 saturated heterocycles. The van der Waals surface area contributed by atoms with Crippen LogP contribution >= 0.6 is 0 Å². The second-order valence-electron chi connectivity index (χ2n) is 5.18. The molecular weight excluding hydrogens is 276 g/mol. The van der Waals surface area contributed by atoms with Gasteiger partial charge in [-0.05, 0) is 42.5 Å². The Labute approximate surface area is 121 Å². The summed E-state index contributed by atoms with van der Waals surface area (Å²) in [5.41, 5.74) is 8.44. The smallest absolute Gasteiger partial charge is 0.320 e. The number of alkyl halides is 2. The first-order chi connectivity index (χ1) is 10.1. The van der Waals surface area contributed by atoms with Gasteiger partial charge in [0.15, 0.2) is 5.82 Å². The van der Waals surface area contributed by atoms with E-state index in [0.29, 0.717) is 5.75 Å². The number of hydrogen-bond donors (Lipinski definition) is 1. The van der Waals surface area contributed by atoms with Crippen LogP contribution in [0.1, 0.15) is 42.4 Å². The standard InChI is InChI=1S/C15H17F2N3O/c16-15(17)20-7-6-19-14(20)9-21-11-5-4-10-2-1-3-13(18)12(10)8-11/h4-8,13,15H,1-3,9,18H2. The summed E-state index contributed by atoms with van der Waals surface area (Å²) in [6, 6.07) is 5.80. The molecule has 2 aromatic rings. The van der Waals surface area contributed by atoms with Gasteiger partial charge in [-0.1, -0.05) is 6.07 Å². The minimum atomic E-state index is -2.61. The number of fused-ring (bicyclic) bond motifs is 1. The highest BCUT2D eigenvalue weighted by molar-refractivity contribution is 5.39. The topological polar surface area (TPSA) is 53.1 Å². The minimum Gasteiger partial charge on any atom is -0.486 e. The Kier molecular flexibility index (Phi) is 3.88. The van der Waals surface area contributed by atoms with Crippen LogP contribution in [0, 0.1) is 0 Å². The summed E-state index contributed by atoms with van der Waals surface area (Å²) in [5.74, 6) is 0.835. The minimum absolute atomic E-state index is 0.00532. The summed E-state index contributed by atoms with van der Waals surface area (Å²) in [5, 5.41) is 0. The number of aryl methyl sites for hydroxylation is 1. The van der Waals surface area contributed by atoms with Gasteiger partial charge in [-0.25, -0.2) is 4.98 Å². The van der Waals surface area contributed by atoms with Crippen LogP contribution in [0.15, 0.2) is 30.6 Å². The van der Waals surface area contributed by atoms with Crippen LogP contribution in [0.2, 0.25) is 0 Å². The van der Waals surface area contributed by atoms with Crippen molar-refractivity contribution in [1.29, 1.82) is 0 Å². The van der Waals surface area contributed by atoms with Gasteiger partial charge in [0.2, 0.25) is 0 Å². The van der Waals surface area contributed by atoms with Crippen LogP contribution in [0.3, 0.4) is 0 Å². The monoisotopic (exact) mass is 293 g/mol. The maximum absolute atomic E-state index is 12.7. The Hall–Kier alpha value is -1.95. The number of nitrogens with two attached hydrogens (primary N) is 1. The third-order valence-electron chi connectivity index (χ3n) is 3.81. The highest BCUT2D eigenvalue weighted by Crippen LogP contribution is 2.31. The van der Waals surface area contributed by atoms with E-state index in [0.717, 1.165) is 29.4 Å². The normalized spacial score (nSPS) is 17.8. The lowest BCUT2D eigenvalue weighted by molar-refractivity contribution is 0.0632. The van der Waals surface area contributed by atoms with Gasteiger partial charge in [0.25, 0.3) is 0 Å². The molecular formula is C15H17F2N3O. The summed E-state index contributed by atoms with van der Waals surface area (Å²) in [6.07, 6.45) is 5.67. The molecule has 0 bridgehead atoms. The lowest BCUT2D eigenvalue weighted by Gasteiger charge is -2.22. The molecule has 0 aliphatic heterocycles. The number of imidazole rings is 1. The van der Waals surface area contributed by atoms with Gasteiger partial charge >= 0.3 is 6.55 Å². The first kappa shape index (κ1) is 14.0. The third-order valence-corrected chi connectivity index (χ3v) is 3.81. The Morgan fingerprint density at radius 2 is 2.29 bits per heavy atom. The molecule has 112 valence electrons. The summed E-state index contributed by atoms with van der Waals surface area (Å²) in [6.45, 7) is -2.60. The number of benzene rings is 1. The van der Waals surface area contributed by atoms with E-state index in [1.54, 1.807) is 0 Å². The number of halogens is 2. The molecule has 3 rings (SSSR count). The average Bonchev–Trinajstić information content (AvgIpc) is 2.94. The van der Waals surface area contributed by atoms with Crippen molar-refractivity contribution in [3.63, 3.8) is 0 Å². The Morgan fingerprint density at radius 1 is 1.43 bits per heavy atom. The fourth-order valence-corrected chi connectivity index (χ4v) is 2.68. The second-order valence-corrected chi connectivity index (χ2v) is 5.18. The van der Waals surface area contributed by atoms with Crippen molar-refractivity contribution in [1.82, 2.24) is 9.55 Å². The number of hydrogen-bond acceptors (Lipinski definition) is 3. The highest BCUT2D eigenvalue weighted by atomic mass is 19.3. The van der Waals surface area contributed by atoms with E-state index in [-0.39, 0.29) is 18.5 Å². The second kappa shape index (κ2) is 5.81. The largest absolute Gasteiger partial charge is 0.486 e. The van der Waals surface area contributed by atoms with Crippen LogP contribution in [-0.2, 0) is 13.0 Å². The van der Waals surface area contributed by atoms with Gasteiger partial charge in [-0.2, -0.15) is 8.78 Å². The first-order valence-electron chi connectivity index (χ1n) is 6.96. The molecule has 2 N–H and O–H groups in total. The van der Waals surface area contributed by atoms with Crippen molar-refractivity contribution < 1.29 is 13.5 Å². The molecule has 1 aliphatic rings. The number of ether oxygens (including phenoxy) is 1. The predicted molar refractivity (Wildman–Crippen MR) is 74.1 cm³/mol. The molecule has 1 aliphatic carbocycles. The molecule has 0 amide bonds. The van der Waals surface area contributed by atoms with E-state index in [1.807, 2.05) is 18.2 Å². The van der Waals surface area contributed by atoms with Gasteiger partial charge in [-0.15, -0.1) is 0 Å². The molecule has 4 nitrogen and oxygen atoms in total. The zero-order valence-electron chi connectivity index (χ0n) is 11.5. The molecule has 0 spiro atoms. The van der Waals surface area contributed by atoms with Crippen molar-refractivity contribution in [2.45, 2.75) is 38.5 Å². The summed E-state index contributed by atoms with van der Waals surface area (Å²) in [7, 11) is 0. The average molecular weight is 293 g/mol. The number of nitrogens with zero attached hydrogens (tertiary/aromatic N) is 2. The third kappa shape index (κ3) is 2.90. The molecule has 0 fully saturated rings. The number of rotatable bonds is 4. The van der Waals surface area contributed by atoms with E-state index in [1.165, 1.54) is 18.0 Å². The SMILES string of the molecule is NC1CCCc2ccc(OCc3nccn3C(F)F)cc21. The zero-order valence-corrected chi connectivity index (χ0v) is 11.5. The van der Waals surface area contributed by atoms with Crippen molar-refractivity contribution >= 4 is 0 Å². The molecule has 1 unspecified atom stereocenters. The maximum atomic E-state index is 12.7. The van der Waals surface area contributed by atoms with Crippen molar-refractivity contribution in [3.05, 3.63) is 47.5 Å².